The van der Waals surface area contributed by atoms with E-state index in [-0.39, 0.29) is 12.5 Å². The zero-order valence-corrected chi connectivity index (χ0v) is 17.2. The number of imidazole rings is 1. The van der Waals surface area contributed by atoms with Gasteiger partial charge in [-0.3, -0.25) is 9.78 Å². The van der Waals surface area contributed by atoms with Crippen LogP contribution >= 0.6 is 11.8 Å². The minimum Gasteiger partial charge on any atom is -0.458 e. The molecule has 0 N–H and O–H groups in total. The van der Waals surface area contributed by atoms with Crippen LogP contribution in [0.4, 0.5) is 8.78 Å². The van der Waals surface area contributed by atoms with E-state index >= 15 is 0 Å². The van der Waals surface area contributed by atoms with Gasteiger partial charge in [0.2, 0.25) is 0 Å². The summed E-state index contributed by atoms with van der Waals surface area (Å²) in [6.07, 6.45) is 1.69. The molecule has 0 bridgehead atoms. The van der Waals surface area contributed by atoms with Crippen molar-refractivity contribution in [2.45, 2.75) is 49.8 Å². The molecule has 0 aliphatic carbocycles. The Morgan fingerprint density at radius 3 is 2.52 bits per heavy atom. The number of halogens is 2. The minimum absolute atomic E-state index is 0.0000409. The van der Waals surface area contributed by atoms with E-state index in [1.807, 2.05) is 36.6 Å². The summed E-state index contributed by atoms with van der Waals surface area (Å²) in [7, 11) is 0. The van der Waals surface area contributed by atoms with Crippen molar-refractivity contribution in [1.82, 2.24) is 14.5 Å². The molecule has 0 saturated carbocycles. The lowest BCUT2D eigenvalue weighted by Crippen LogP contribution is -2.10. The van der Waals surface area contributed by atoms with Crippen LogP contribution in [-0.4, -0.2) is 20.5 Å². The molecule has 152 valence electrons. The summed E-state index contributed by atoms with van der Waals surface area (Å²) in [6, 6.07) is 8.97. The van der Waals surface area contributed by atoms with E-state index in [2.05, 4.69) is 9.97 Å². The van der Waals surface area contributed by atoms with E-state index in [0.29, 0.717) is 17.3 Å². The molecule has 0 fully saturated rings. The van der Waals surface area contributed by atoms with E-state index in [1.54, 1.807) is 6.20 Å². The molecule has 0 radical (unpaired) electrons. The van der Waals surface area contributed by atoms with Crippen LogP contribution in [0.25, 0.3) is 0 Å². The molecule has 8 heteroatoms. The van der Waals surface area contributed by atoms with Gasteiger partial charge in [0.1, 0.15) is 29.1 Å². The Labute approximate surface area is 172 Å². The lowest BCUT2D eigenvalue weighted by atomic mass is 10.1. The third kappa shape index (κ3) is 5.41. The molecule has 29 heavy (non-hydrogen) atoms. The predicted molar refractivity (Wildman–Crippen MR) is 106 cm³/mol. The smallest absolute Gasteiger partial charge is 0.303 e. The standard InChI is InChI=1S/C21H21F2N3O2S/c1-13(2)20-21(29-18-9-15(22)8-16(23)10-18)26(11-17-6-4-5-7-24-17)19(25-20)12-28-14(3)27/h4-10,13H,11-12H2,1-3H3. The largest absolute Gasteiger partial charge is 0.458 e. The third-order valence-electron chi connectivity index (χ3n) is 4.07. The Kier molecular flexibility index (Phi) is 6.64. The Balaban J connectivity index is 2.08. The highest BCUT2D eigenvalue weighted by atomic mass is 32.2. The topological polar surface area (TPSA) is 57.0 Å². The Hall–Kier alpha value is -2.74. The molecule has 0 saturated heterocycles. The van der Waals surface area contributed by atoms with Crippen molar-refractivity contribution in [1.29, 1.82) is 0 Å². The maximum atomic E-state index is 13.7. The predicted octanol–water partition coefficient (Wildman–Crippen LogP) is 4.94. The maximum Gasteiger partial charge on any atom is 0.303 e. The molecule has 0 aliphatic rings. The molecule has 0 aliphatic heterocycles. The molecule has 0 atom stereocenters. The zero-order valence-electron chi connectivity index (χ0n) is 16.4. The molecule has 2 heterocycles. The monoisotopic (exact) mass is 417 g/mol. The fraction of sp³-hybridized carbons (Fsp3) is 0.286. The van der Waals surface area contributed by atoms with Crippen LogP contribution in [-0.2, 0) is 22.7 Å². The molecular formula is C21H21F2N3O2S. The van der Waals surface area contributed by atoms with Crippen molar-refractivity contribution >= 4 is 17.7 Å². The maximum absolute atomic E-state index is 13.7. The first kappa shape index (κ1) is 21.0. The summed E-state index contributed by atoms with van der Waals surface area (Å²) in [5.74, 6) is -1.10. The van der Waals surface area contributed by atoms with E-state index in [1.165, 1.54) is 30.8 Å². The number of nitrogens with zero attached hydrogens (tertiary/aromatic N) is 3. The first-order valence-electron chi connectivity index (χ1n) is 9.10. The van der Waals surface area contributed by atoms with Gasteiger partial charge >= 0.3 is 5.97 Å². The quantitative estimate of drug-likeness (QED) is 0.510. The summed E-state index contributed by atoms with van der Waals surface area (Å²) >= 11 is 1.22. The van der Waals surface area contributed by atoms with Crippen LogP contribution in [0.3, 0.4) is 0 Å². The Bertz CT molecular complexity index is 986. The second-order valence-corrected chi connectivity index (χ2v) is 7.83. The van der Waals surface area contributed by atoms with Gasteiger partial charge in [-0.05, 0) is 30.2 Å². The molecule has 0 unspecified atom stereocenters. The van der Waals surface area contributed by atoms with Gasteiger partial charge in [0.15, 0.2) is 0 Å². The SMILES string of the molecule is CC(=O)OCc1nc(C(C)C)c(Sc2cc(F)cc(F)c2)n1Cc1ccccn1. The Morgan fingerprint density at radius 2 is 1.93 bits per heavy atom. The normalized spacial score (nSPS) is 11.1. The highest BCUT2D eigenvalue weighted by molar-refractivity contribution is 7.99. The Morgan fingerprint density at radius 1 is 1.21 bits per heavy atom. The van der Waals surface area contributed by atoms with Crippen molar-refractivity contribution in [2.24, 2.45) is 0 Å². The zero-order chi connectivity index (χ0) is 21.0. The van der Waals surface area contributed by atoms with E-state index in [4.69, 9.17) is 4.74 Å². The highest BCUT2D eigenvalue weighted by Gasteiger charge is 2.22. The van der Waals surface area contributed by atoms with Crippen molar-refractivity contribution in [2.75, 3.05) is 0 Å². The lowest BCUT2D eigenvalue weighted by Gasteiger charge is -2.13. The van der Waals surface area contributed by atoms with Crippen LogP contribution in [0.2, 0.25) is 0 Å². The molecule has 2 aromatic heterocycles. The average molecular weight is 417 g/mol. The fourth-order valence-corrected chi connectivity index (χ4v) is 4.01. The van der Waals surface area contributed by atoms with Crippen LogP contribution in [0.15, 0.2) is 52.5 Å². The van der Waals surface area contributed by atoms with Crippen LogP contribution in [0.1, 0.15) is 43.9 Å². The van der Waals surface area contributed by atoms with Gasteiger partial charge in [0, 0.05) is 24.1 Å². The van der Waals surface area contributed by atoms with Crippen LogP contribution in [0, 0.1) is 11.6 Å². The molecule has 5 nitrogen and oxygen atoms in total. The first-order valence-corrected chi connectivity index (χ1v) is 9.91. The number of hydrogen-bond donors (Lipinski definition) is 0. The van der Waals surface area contributed by atoms with Crippen LogP contribution < -0.4 is 0 Å². The average Bonchev–Trinajstić information content (AvgIpc) is 2.97. The minimum atomic E-state index is -0.644. The van der Waals surface area contributed by atoms with Crippen LogP contribution in [0.5, 0.6) is 0 Å². The summed E-state index contributed by atoms with van der Waals surface area (Å²) in [4.78, 5) is 20.8. The molecule has 3 aromatic rings. The summed E-state index contributed by atoms with van der Waals surface area (Å²) in [5, 5.41) is 0.734. The lowest BCUT2D eigenvalue weighted by molar-refractivity contribution is -0.142. The summed E-state index contributed by atoms with van der Waals surface area (Å²) in [5.41, 5.74) is 1.55. The van der Waals surface area contributed by atoms with E-state index < -0.39 is 17.6 Å². The van der Waals surface area contributed by atoms with Gasteiger partial charge in [-0.1, -0.05) is 31.7 Å². The molecule has 0 spiro atoms. The number of carbonyl (C=O) groups excluding carboxylic acids is 1. The number of rotatable bonds is 7. The van der Waals surface area contributed by atoms with Gasteiger partial charge in [0.25, 0.3) is 0 Å². The fourth-order valence-electron chi connectivity index (χ4n) is 2.78. The number of hydrogen-bond acceptors (Lipinski definition) is 5. The van der Waals surface area contributed by atoms with Crippen molar-refractivity contribution in [3.05, 3.63) is 71.4 Å². The van der Waals surface area contributed by atoms with Gasteiger partial charge in [-0.2, -0.15) is 0 Å². The van der Waals surface area contributed by atoms with Crippen molar-refractivity contribution in [3.8, 4) is 0 Å². The summed E-state index contributed by atoms with van der Waals surface area (Å²) < 4.78 is 34.5. The van der Waals surface area contributed by atoms with Gasteiger partial charge in [0.05, 0.1) is 17.9 Å². The first-order chi connectivity index (χ1) is 13.8. The highest BCUT2D eigenvalue weighted by Crippen LogP contribution is 2.36. The summed E-state index contributed by atoms with van der Waals surface area (Å²) in [6.45, 7) is 5.69. The number of carbonyl (C=O) groups is 1. The van der Waals surface area contributed by atoms with Gasteiger partial charge < -0.3 is 9.30 Å². The molecular weight excluding hydrogens is 396 g/mol. The number of benzene rings is 1. The van der Waals surface area contributed by atoms with Gasteiger partial charge in [-0.25, -0.2) is 13.8 Å². The van der Waals surface area contributed by atoms with Crippen molar-refractivity contribution in [3.63, 3.8) is 0 Å². The third-order valence-corrected chi connectivity index (χ3v) is 5.17. The molecule has 1 aromatic carbocycles. The van der Waals surface area contributed by atoms with E-state index in [0.717, 1.165) is 22.5 Å². The number of esters is 1. The second-order valence-electron chi connectivity index (χ2n) is 6.77. The van der Waals surface area contributed by atoms with E-state index in [9.17, 15) is 13.6 Å². The molecule has 3 rings (SSSR count). The van der Waals surface area contributed by atoms with Crippen molar-refractivity contribution < 1.29 is 18.3 Å². The number of pyridine rings is 1. The van der Waals surface area contributed by atoms with Gasteiger partial charge in [-0.15, -0.1) is 0 Å². The number of ether oxygens (including phenoxy) is 1. The number of aromatic nitrogens is 3. The molecule has 0 amide bonds. The second kappa shape index (κ2) is 9.17.